The summed E-state index contributed by atoms with van der Waals surface area (Å²) in [6.07, 6.45) is 8.84. The van der Waals surface area contributed by atoms with Gasteiger partial charge in [-0.2, -0.15) is 10.2 Å². The Bertz CT molecular complexity index is 719. The lowest BCUT2D eigenvalue weighted by atomic mass is 9.84. The van der Waals surface area contributed by atoms with E-state index in [4.69, 9.17) is 11.2 Å². The van der Waals surface area contributed by atoms with Gasteiger partial charge < -0.3 is 9.64 Å². The summed E-state index contributed by atoms with van der Waals surface area (Å²) in [5.74, 6) is 3.61. The fraction of sp³-hybridized carbons (Fsp3) is 0.571. The molecule has 3 heterocycles. The van der Waals surface area contributed by atoms with Crippen LogP contribution in [-0.4, -0.2) is 42.3 Å². The number of terminal acetylenes is 1. The molecule has 2 saturated heterocycles. The molecule has 5 heteroatoms. The van der Waals surface area contributed by atoms with Crippen LogP contribution in [0, 0.1) is 18.3 Å². The monoisotopic (exact) mass is 351 g/mol. The summed E-state index contributed by atoms with van der Waals surface area (Å²) in [4.78, 5) is 15.1. The fourth-order valence-corrected chi connectivity index (χ4v) is 4.46. The van der Waals surface area contributed by atoms with Gasteiger partial charge in [0, 0.05) is 56.7 Å². The van der Waals surface area contributed by atoms with E-state index in [-0.39, 0.29) is 17.6 Å². The van der Waals surface area contributed by atoms with Crippen LogP contribution in [0.15, 0.2) is 40.6 Å². The van der Waals surface area contributed by atoms with E-state index >= 15 is 0 Å². The fourth-order valence-electron chi connectivity index (χ4n) is 4.46. The lowest BCUT2D eigenvalue weighted by Crippen LogP contribution is -2.42. The minimum absolute atomic E-state index is 0.220. The Morgan fingerprint density at radius 1 is 1.31 bits per heavy atom. The Labute approximate surface area is 154 Å². The van der Waals surface area contributed by atoms with Crippen molar-refractivity contribution in [2.75, 3.05) is 19.8 Å². The van der Waals surface area contributed by atoms with Gasteiger partial charge in [-0.15, -0.1) is 12.3 Å². The molecule has 0 N–H and O–H groups in total. The van der Waals surface area contributed by atoms with Crippen LogP contribution in [-0.2, 0) is 9.53 Å². The smallest absolute Gasteiger partial charge is 0.223 e. The van der Waals surface area contributed by atoms with Gasteiger partial charge in [0.25, 0.3) is 0 Å². The zero-order valence-corrected chi connectivity index (χ0v) is 15.0. The molecule has 0 saturated carbocycles. The summed E-state index contributed by atoms with van der Waals surface area (Å²) in [7, 11) is 0. The molecule has 3 atom stereocenters. The molecule has 5 nitrogen and oxygen atoms in total. The molecule has 0 spiro atoms. The number of fused-ring (bicyclic) bond motifs is 1. The summed E-state index contributed by atoms with van der Waals surface area (Å²) in [6, 6.07) is 10.8. The molecule has 136 valence electrons. The van der Waals surface area contributed by atoms with Crippen LogP contribution in [0.2, 0.25) is 0 Å². The molecule has 3 aliphatic rings. The second-order valence-electron chi connectivity index (χ2n) is 7.54. The van der Waals surface area contributed by atoms with Crippen molar-refractivity contribution < 1.29 is 9.53 Å². The zero-order valence-electron chi connectivity index (χ0n) is 15.0. The number of carbonyl (C=O) groups is 1. The number of likely N-dealkylation sites (tertiary alicyclic amines) is 1. The average Bonchev–Trinajstić information content (AvgIpc) is 3.36. The SMILES string of the molecule is C#CCCC1(CCC(=O)N2CC(c3ccccc3)C3COCCC32)N=N1. The Kier molecular flexibility index (Phi) is 4.78. The van der Waals surface area contributed by atoms with E-state index in [9.17, 15) is 4.79 Å². The maximum Gasteiger partial charge on any atom is 0.223 e. The minimum Gasteiger partial charge on any atom is -0.381 e. The molecule has 3 aliphatic heterocycles. The van der Waals surface area contributed by atoms with Crippen molar-refractivity contribution >= 4 is 5.91 Å². The molecule has 0 radical (unpaired) electrons. The van der Waals surface area contributed by atoms with Crippen LogP contribution in [0.4, 0.5) is 0 Å². The van der Waals surface area contributed by atoms with Crippen molar-refractivity contribution in [1.82, 2.24) is 4.90 Å². The highest BCUT2D eigenvalue weighted by Crippen LogP contribution is 2.42. The van der Waals surface area contributed by atoms with Crippen molar-refractivity contribution in [3.8, 4) is 12.3 Å². The molecule has 26 heavy (non-hydrogen) atoms. The van der Waals surface area contributed by atoms with Crippen molar-refractivity contribution in [2.45, 2.75) is 49.7 Å². The first-order valence-electron chi connectivity index (χ1n) is 9.52. The van der Waals surface area contributed by atoms with Gasteiger partial charge in [-0.1, -0.05) is 30.3 Å². The highest BCUT2D eigenvalue weighted by Gasteiger charge is 2.46. The number of benzene rings is 1. The van der Waals surface area contributed by atoms with Crippen LogP contribution in [0.1, 0.15) is 43.6 Å². The van der Waals surface area contributed by atoms with E-state index in [2.05, 4.69) is 45.3 Å². The Morgan fingerprint density at radius 3 is 2.85 bits per heavy atom. The topological polar surface area (TPSA) is 54.3 Å². The third-order valence-corrected chi connectivity index (χ3v) is 6.01. The summed E-state index contributed by atoms with van der Waals surface area (Å²) in [6.45, 7) is 2.27. The normalized spacial score (nSPS) is 28.4. The summed E-state index contributed by atoms with van der Waals surface area (Å²) < 4.78 is 5.74. The standard InChI is InChI=1S/C21H25N3O2/c1-2-3-11-21(22-23-21)12-9-20(25)24-14-17(16-7-5-4-6-8-16)18-15-26-13-10-19(18)24/h1,4-8,17-19H,3,9-15H2. The van der Waals surface area contributed by atoms with Crippen LogP contribution in [0.25, 0.3) is 0 Å². The van der Waals surface area contributed by atoms with Crippen LogP contribution >= 0.6 is 0 Å². The average molecular weight is 351 g/mol. The van der Waals surface area contributed by atoms with E-state index in [1.54, 1.807) is 0 Å². The van der Waals surface area contributed by atoms with E-state index in [0.29, 0.717) is 31.1 Å². The summed E-state index contributed by atoms with van der Waals surface area (Å²) in [5.41, 5.74) is 0.927. The largest absolute Gasteiger partial charge is 0.381 e. The van der Waals surface area contributed by atoms with Gasteiger partial charge in [0.1, 0.15) is 0 Å². The van der Waals surface area contributed by atoms with Gasteiger partial charge in [-0.25, -0.2) is 0 Å². The predicted molar refractivity (Wildman–Crippen MR) is 98.5 cm³/mol. The van der Waals surface area contributed by atoms with Crippen molar-refractivity contribution in [3.05, 3.63) is 35.9 Å². The first-order valence-corrected chi connectivity index (χ1v) is 9.52. The number of nitrogens with zero attached hydrogens (tertiary/aromatic N) is 3. The van der Waals surface area contributed by atoms with Gasteiger partial charge in [-0.3, -0.25) is 4.79 Å². The highest BCUT2D eigenvalue weighted by molar-refractivity contribution is 5.77. The summed E-state index contributed by atoms with van der Waals surface area (Å²) in [5, 5.41) is 8.31. The zero-order chi connectivity index (χ0) is 18.0. The number of rotatable bonds is 6. The molecule has 2 fully saturated rings. The van der Waals surface area contributed by atoms with Crippen LogP contribution in [0.3, 0.4) is 0 Å². The molecule has 0 aliphatic carbocycles. The maximum absolute atomic E-state index is 13.0. The molecule has 0 aromatic heterocycles. The molecular formula is C21H25N3O2. The third kappa shape index (κ3) is 3.39. The lowest BCUT2D eigenvalue weighted by molar-refractivity contribution is -0.134. The molecule has 1 aromatic carbocycles. The number of ether oxygens (including phenoxy) is 1. The molecule has 4 rings (SSSR count). The van der Waals surface area contributed by atoms with E-state index in [0.717, 1.165) is 32.6 Å². The Balaban J connectivity index is 1.42. The first-order chi connectivity index (χ1) is 12.7. The molecule has 0 bridgehead atoms. The predicted octanol–water partition coefficient (Wildman–Crippen LogP) is 3.37. The molecule has 1 aromatic rings. The second-order valence-corrected chi connectivity index (χ2v) is 7.54. The van der Waals surface area contributed by atoms with Gasteiger partial charge in [0.15, 0.2) is 5.66 Å². The van der Waals surface area contributed by atoms with Gasteiger partial charge >= 0.3 is 0 Å². The van der Waals surface area contributed by atoms with Crippen molar-refractivity contribution in [2.24, 2.45) is 16.1 Å². The minimum atomic E-state index is -0.379. The maximum atomic E-state index is 13.0. The third-order valence-electron chi connectivity index (χ3n) is 6.01. The highest BCUT2D eigenvalue weighted by atomic mass is 16.5. The number of hydrogen-bond donors (Lipinski definition) is 0. The van der Waals surface area contributed by atoms with E-state index < -0.39 is 0 Å². The van der Waals surface area contributed by atoms with Crippen molar-refractivity contribution in [1.29, 1.82) is 0 Å². The van der Waals surface area contributed by atoms with Crippen LogP contribution in [0.5, 0.6) is 0 Å². The van der Waals surface area contributed by atoms with Crippen molar-refractivity contribution in [3.63, 3.8) is 0 Å². The number of hydrogen-bond acceptors (Lipinski definition) is 4. The Hall–Kier alpha value is -2.19. The van der Waals surface area contributed by atoms with E-state index in [1.807, 2.05) is 6.07 Å². The second kappa shape index (κ2) is 7.20. The lowest BCUT2D eigenvalue weighted by Gasteiger charge is -2.32. The van der Waals surface area contributed by atoms with E-state index in [1.165, 1.54) is 5.56 Å². The molecule has 1 amide bonds. The molecule has 3 unspecified atom stereocenters. The van der Waals surface area contributed by atoms with Gasteiger partial charge in [0.05, 0.1) is 6.61 Å². The molecular weight excluding hydrogens is 326 g/mol. The van der Waals surface area contributed by atoms with Gasteiger partial charge in [0.2, 0.25) is 5.91 Å². The summed E-state index contributed by atoms with van der Waals surface area (Å²) >= 11 is 0. The first kappa shape index (κ1) is 17.2. The van der Waals surface area contributed by atoms with Crippen LogP contribution < -0.4 is 0 Å². The number of amides is 1. The number of carbonyl (C=O) groups excluding carboxylic acids is 1. The van der Waals surface area contributed by atoms with Gasteiger partial charge in [-0.05, 0) is 12.0 Å². The Morgan fingerprint density at radius 2 is 2.12 bits per heavy atom. The quantitative estimate of drug-likeness (QED) is 0.738.